The Morgan fingerprint density at radius 1 is 0.892 bits per heavy atom. The third-order valence-corrected chi connectivity index (χ3v) is 4.83. The summed E-state index contributed by atoms with van der Waals surface area (Å²) in [7, 11) is 6.20. The van der Waals surface area contributed by atoms with Gasteiger partial charge in [-0.2, -0.15) is 4.91 Å². The predicted octanol–water partition coefficient (Wildman–Crippen LogP) is 3.87. The molecule has 0 aromatic heterocycles. The predicted molar refractivity (Wildman–Crippen MR) is 132 cm³/mol. The molecule has 0 spiro atoms. The molecule has 200 valence electrons. The average Bonchev–Trinajstić information content (AvgIpc) is 2.90. The molecule has 2 rings (SSSR count). The molecule has 0 aliphatic heterocycles. The van der Waals surface area contributed by atoms with E-state index in [0.29, 0.717) is 17.2 Å². The van der Waals surface area contributed by atoms with Crippen LogP contribution in [0, 0.1) is 25.1 Å². The van der Waals surface area contributed by atoms with Gasteiger partial charge in [-0.05, 0) is 12.1 Å². The molecule has 16 heteroatoms. The molecule has 0 saturated heterocycles. The molecule has 2 aromatic carbocycles. The van der Waals surface area contributed by atoms with Crippen molar-refractivity contribution in [3.05, 3.63) is 71.7 Å². The normalized spacial score (nSPS) is 9.24. The van der Waals surface area contributed by atoms with Crippen LogP contribution in [0.1, 0.15) is 36.6 Å². The number of methoxy groups -OCH3 is 4. The SMILES string of the molecule is CN=O.COC(=O)c1cc([N+](=O)[O-])c(C=O)cc1OC.COC(=O)c1cc([N+](=O)[O-])c(CBr)cc1OC. The van der Waals surface area contributed by atoms with Crippen LogP contribution < -0.4 is 9.47 Å². The zero-order valence-corrected chi connectivity index (χ0v) is 21.8. The highest BCUT2D eigenvalue weighted by Crippen LogP contribution is 2.31. The smallest absolute Gasteiger partial charge is 0.341 e. The third-order valence-electron chi connectivity index (χ3n) is 4.22. The maximum absolute atomic E-state index is 11.4. The number of carbonyl (C=O) groups excluding carboxylic acids is 3. The number of benzene rings is 2. The van der Waals surface area contributed by atoms with E-state index in [1.807, 2.05) is 0 Å². The first-order valence-corrected chi connectivity index (χ1v) is 10.7. The maximum Gasteiger partial charge on any atom is 0.341 e. The van der Waals surface area contributed by atoms with Gasteiger partial charge in [-0.15, -0.1) is 0 Å². The monoisotopic (exact) mass is 587 g/mol. The second-order valence-corrected chi connectivity index (χ2v) is 6.78. The summed E-state index contributed by atoms with van der Waals surface area (Å²) >= 11 is 3.14. The van der Waals surface area contributed by atoms with E-state index in [1.165, 1.54) is 34.4 Å². The standard InChI is InChI=1S/C10H10BrNO5.C10H9NO6.CH3NO/c1-16-9-3-6(5-11)8(12(14)15)4-7(9)10(13)17-2;1-16-9-3-6(5-12)8(11(14)15)4-7(9)10(13)17-2;1-2-3/h3-4H,5H2,1-2H3;3-5H,1-2H3;1H3. The lowest BCUT2D eigenvalue weighted by atomic mass is 10.1. The summed E-state index contributed by atoms with van der Waals surface area (Å²) in [5, 5.41) is 24.1. The second-order valence-electron chi connectivity index (χ2n) is 6.22. The number of aldehydes is 1. The van der Waals surface area contributed by atoms with Crippen molar-refractivity contribution >= 4 is 45.5 Å². The van der Waals surface area contributed by atoms with E-state index >= 15 is 0 Å². The number of alkyl halides is 1. The van der Waals surface area contributed by atoms with Crippen molar-refractivity contribution in [3.8, 4) is 11.5 Å². The van der Waals surface area contributed by atoms with Gasteiger partial charge in [0, 0.05) is 23.0 Å². The lowest BCUT2D eigenvalue weighted by Gasteiger charge is -2.08. The molecule has 2 aromatic rings. The molecule has 0 saturated carbocycles. The number of nitro benzene ring substituents is 2. The molecule has 0 N–H and O–H groups in total. The molecule has 0 unspecified atom stereocenters. The van der Waals surface area contributed by atoms with Gasteiger partial charge < -0.3 is 18.9 Å². The van der Waals surface area contributed by atoms with E-state index in [-0.39, 0.29) is 33.9 Å². The van der Waals surface area contributed by atoms with Crippen molar-refractivity contribution in [1.82, 2.24) is 0 Å². The Balaban J connectivity index is 0.000000633. The number of nitroso groups, excluding NO2 is 1. The first-order chi connectivity index (χ1) is 17.5. The lowest BCUT2D eigenvalue weighted by Crippen LogP contribution is -2.06. The molecule has 0 amide bonds. The number of ether oxygens (including phenoxy) is 4. The topological polar surface area (TPSA) is 204 Å². The van der Waals surface area contributed by atoms with Crippen LogP contribution in [0.5, 0.6) is 11.5 Å². The Hall–Kier alpha value is -4.47. The van der Waals surface area contributed by atoms with Crippen LogP contribution in [0.4, 0.5) is 11.4 Å². The molecule has 0 aliphatic rings. The van der Waals surface area contributed by atoms with Crippen LogP contribution in [-0.2, 0) is 14.8 Å². The molecular weight excluding hydrogens is 566 g/mol. The molecule has 37 heavy (non-hydrogen) atoms. The molecular formula is C21H22BrN3O12. The van der Waals surface area contributed by atoms with Gasteiger partial charge in [-0.1, -0.05) is 21.1 Å². The molecule has 0 fully saturated rings. The Morgan fingerprint density at radius 3 is 1.62 bits per heavy atom. The molecule has 0 bridgehead atoms. The van der Waals surface area contributed by atoms with E-state index < -0.39 is 27.5 Å². The van der Waals surface area contributed by atoms with Crippen LogP contribution in [0.2, 0.25) is 0 Å². The van der Waals surface area contributed by atoms with Crippen LogP contribution in [0.25, 0.3) is 0 Å². The van der Waals surface area contributed by atoms with Crippen molar-refractivity contribution in [2.75, 3.05) is 35.5 Å². The zero-order chi connectivity index (χ0) is 28.7. The highest BCUT2D eigenvalue weighted by Gasteiger charge is 2.23. The Morgan fingerprint density at radius 2 is 1.30 bits per heavy atom. The second kappa shape index (κ2) is 16.2. The summed E-state index contributed by atoms with van der Waals surface area (Å²) in [6.45, 7) is 0. The largest absolute Gasteiger partial charge is 0.496 e. The number of hydrogen-bond donors (Lipinski definition) is 0. The minimum Gasteiger partial charge on any atom is -0.496 e. The molecule has 15 nitrogen and oxygen atoms in total. The maximum atomic E-state index is 11.4. The first kappa shape index (κ1) is 32.5. The van der Waals surface area contributed by atoms with Gasteiger partial charge in [0.1, 0.15) is 22.6 Å². The van der Waals surface area contributed by atoms with Gasteiger partial charge in [-0.3, -0.25) is 25.0 Å². The highest BCUT2D eigenvalue weighted by molar-refractivity contribution is 9.08. The molecule has 0 atom stereocenters. The fourth-order valence-corrected chi connectivity index (χ4v) is 3.05. The van der Waals surface area contributed by atoms with Gasteiger partial charge in [-0.25, -0.2) is 9.59 Å². The van der Waals surface area contributed by atoms with Crippen molar-refractivity contribution in [2.24, 2.45) is 5.18 Å². The van der Waals surface area contributed by atoms with Gasteiger partial charge in [0.05, 0.1) is 50.9 Å². The minimum absolute atomic E-state index is 0.0337. The fourth-order valence-electron chi connectivity index (χ4n) is 2.60. The summed E-state index contributed by atoms with van der Waals surface area (Å²) in [6.07, 6.45) is 0.321. The van der Waals surface area contributed by atoms with Crippen LogP contribution in [-0.4, -0.2) is 63.6 Å². The third kappa shape index (κ3) is 8.92. The van der Waals surface area contributed by atoms with Crippen LogP contribution in [0.15, 0.2) is 29.4 Å². The van der Waals surface area contributed by atoms with Gasteiger partial charge in [0.15, 0.2) is 6.29 Å². The van der Waals surface area contributed by atoms with E-state index in [2.05, 4.69) is 30.6 Å². The summed E-state index contributed by atoms with van der Waals surface area (Å²) in [5.74, 6) is -1.16. The number of halogens is 1. The number of nitro groups is 2. The summed E-state index contributed by atoms with van der Waals surface area (Å²) in [5.41, 5.74) is -0.429. The van der Waals surface area contributed by atoms with Crippen molar-refractivity contribution in [1.29, 1.82) is 0 Å². The van der Waals surface area contributed by atoms with Gasteiger partial charge in [0.25, 0.3) is 11.4 Å². The molecule has 0 heterocycles. The van der Waals surface area contributed by atoms with Crippen LogP contribution in [0.3, 0.4) is 0 Å². The quantitative estimate of drug-likeness (QED) is 0.108. The Kier molecular flexibility index (Phi) is 14.3. The highest BCUT2D eigenvalue weighted by atomic mass is 79.9. The van der Waals surface area contributed by atoms with Crippen molar-refractivity contribution < 1.29 is 43.2 Å². The first-order valence-electron chi connectivity index (χ1n) is 9.62. The summed E-state index contributed by atoms with van der Waals surface area (Å²) in [4.78, 5) is 62.2. The minimum atomic E-state index is -0.776. The fraction of sp³-hybridized carbons (Fsp3) is 0.286. The molecule has 0 radical (unpaired) electrons. The van der Waals surface area contributed by atoms with E-state index in [4.69, 9.17) is 14.4 Å². The van der Waals surface area contributed by atoms with Crippen molar-refractivity contribution in [2.45, 2.75) is 5.33 Å². The summed E-state index contributed by atoms with van der Waals surface area (Å²) < 4.78 is 18.9. The number of nitrogens with zero attached hydrogens (tertiary/aromatic N) is 3. The van der Waals surface area contributed by atoms with E-state index in [9.17, 15) is 34.6 Å². The van der Waals surface area contributed by atoms with Gasteiger partial charge >= 0.3 is 11.9 Å². The number of hydrogen-bond acceptors (Lipinski definition) is 13. The number of carbonyl (C=O) groups is 3. The van der Waals surface area contributed by atoms with E-state index in [1.54, 1.807) is 0 Å². The lowest BCUT2D eigenvalue weighted by molar-refractivity contribution is -0.385. The van der Waals surface area contributed by atoms with Gasteiger partial charge in [0.2, 0.25) is 0 Å². The Bertz CT molecular complexity index is 1170. The number of esters is 2. The zero-order valence-electron chi connectivity index (χ0n) is 20.2. The molecule has 0 aliphatic carbocycles. The average molecular weight is 588 g/mol. The van der Waals surface area contributed by atoms with Crippen LogP contribution >= 0.6 is 15.9 Å². The summed E-state index contributed by atoms with van der Waals surface area (Å²) in [6, 6.07) is 4.67. The van der Waals surface area contributed by atoms with Crippen molar-refractivity contribution in [3.63, 3.8) is 0 Å². The number of rotatable bonds is 8. The van der Waals surface area contributed by atoms with E-state index in [0.717, 1.165) is 25.3 Å². The Labute approximate surface area is 218 Å².